The van der Waals surface area contributed by atoms with Gasteiger partial charge < -0.3 is 9.64 Å². The van der Waals surface area contributed by atoms with Crippen LogP contribution in [0.5, 0.6) is 5.75 Å². The zero-order valence-electron chi connectivity index (χ0n) is 14.3. The maximum atomic E-state index is 12.9. The molecule has 0 saturated carbocycles. The van der Waals surface area contributed by atoms with Gasteiger partial charge in [-0.3, -0.25) is 9.69 Å². The van der Waals surface area contributed by atoms with Gasteiger partial charge in [0.15, 0.2) is 0 Å². The number of ether oxygens (including phenoxy) is 1. The van der Waals surface area contributed by atoms with Crippen LogP contribution in [0.2, 0.25) is 0 Å². The molecule has 1 amide bonds. The van der Waals surface area contributed by atoms with E-state index in [0.29, 0.717) is 18.9 Å². The van der Waals surface area contributed by atoms with Gasteiger partial charge in [-0.05, 0) is 36.9 Å². The number of nitrogens with zero attached hydrogens (tertiary/aromatic N) is 2. The molecule has 0 bridgehead atoms. The molecular formula is C19H23FN2O2. The molecule has 0 heterocycles. The highest BCUT2D eigenvalue weighted by Gasteiger charge is 2.26. The Bertz CT molecular complexity index is 644. The van der Waals surface area contributed by atoms with Crippen LogP contribution in [0, 0.1) is 5.82 Å². The lowest BCUT2D eigenvalue weighted by atomic mass is 10.0. The van der Waals surface area contributed by atoms with Crippen molar-refractivity contribution in [3.05, 3.63) is 66.0 Å². The highest BCUT2D eigenvalue weighted by molar-refractivity contribution is 5.82. The number of benzene rings is 2. The Labute approximate surface area is 142 Å². The molecule has 0 N–H and O–H groups in total. The first-order valence-corrected chi connectivity index (χ1v) is 7.83. The molecule has 0 aliphatic heterocycles. The second kappa shape index (κ2) is 8.45. The highest BCUT2D eigenvalue weighted by atomic mass is 19.1. The average molecular weight is 330 g/mol. The van der Waals surface area contributed by atoms with Crippen molar-refractivity contribution in [2.75, 3.05) is 34.3 Å². The lowest BCUT2D eigenvalue weighted by Crippen LogP contribution is -2.39. The Hall–Kier alpha value is -2.40. The highest BCUT2D eigenvalue weighted by Crippen LogP contribution is 2.21. The molecule has 0 spiro atoms. The second-order valence-electron chi connectivity index (χ2n) is 5.83. The molecule has 2 aromatic rings. The van der Waals surface area contributed by atoms with Crippen LogP contribution in [-0.4, -0.2) is 50.0 Å². The number of carbonyl (C=O) groups is 1. The summed E-state index contributed by atoms with van der Waals surface area (Å²) in [6, 6.07) is 15.2. The fraction of sp³-hybridized carbons (Fsp3) is 0.316. The molecule has 5 heteroatoms. The molecule has 0 saturated heterocycles. The molecule has 0 fully saturated rings. The van der Waals surface area contributed by atoms with Crippen molar-refractivity contribution in [1.29, 1.82) is 0 Å². The van der Waals surface area contributed by atoms with E-state index >= 15 is 0 Å². The maximum Gasteiger partial charge on any atom is 0.244 e. The summed E-state index contributed by atoms with van der Waals surface area (Å²) in [6.45, 7) is 0.975. The van der Waals surface area contributed by atoms with E-state index < -0.39 is 0 Å². The van der Waals surface area contributed by atoms with Crippen LogP contribution in [0.4, 0.5) is 4.39 Å². The van der Waals surface area contributed by atoms with Crippen molar-refractivity contribution >= 4 is 5.91 Å². The standard InChI is InChI=1S/C19H23FN2O2/c1-21(2)19(23)18(15-7-5-4-6-8-15)22(3)13-14-24-17-11-9-16(20)10-12-17/h4-12,18H,13-14H2,1-3H3/t18-/m0/s1. The first-order chi connectivity index (χ1) is 11.5. The lowest BCUT2D eigenvalue weighted by Gasteiger charge is -2.29. The van der Waals surface area contributed by atoms with Crippen molar-refractivity contribution < 1.29 is 13.9 Å². The number of halogens is 1. The third-order valence-electron chi connectivity index (χ3n) is 3.76. The molecule has 0 unspecified atom stereocenters. The van der Waals surface area contributed by atoms with Crippen LogP contribution in [0.3, 0.4) is 0 Å². The topological polar surface area (TPSA) is 32.8 Å². The molecule has 1 atom stereocenters. The van der Waals surface area contributed by atoms with Gasteiger partial charge in [0.1, 0.15) is 24.2 Å². The van der Waals surface area contributed by atoms with Crippen LogP contribution < -0.4 is 4.74 Å². The minimum atomic E-state index is -0.363. The van der Waals surface area contributed by atoms with E-state index in [-0.39, 0.29) is 17.8 Å². The summed E-state index contributed by atoms with van der Waals surface area (Å²) in [7, 11) is 5.40. The summed E-state index contributed by atoms with van der Waals surface area (Å²) < 4.78 is 18.5. The number of hydrogen-bond donors (Lipinski definition) is 0. The van der Waals surface area contributed by atoms with E-state index in [1.807, 2.05) is 42.3 Å². The van der Waals surface area contributed by atoms with E-state index in [4.69, 9.17) is 4.74 Å². The Balaban J connectivity index is 2.01. The Morgan fingerprint density at radius 1 is 1.04 bits per heavy atom. The number of rotatable bonds is 7. The number of likely N-dealkylation sites (N-methyl/N-ethyl adjacent to an activating group) is 2. The van der Waals surface area contributed by atoms with Gasteiger partial charge >= 0.3 is 0 Å². The summed E-state index contributed by atoms with van der Waals surface area (Å²) >= 11 is 0. The molecule has 0 aliphatic carbocycles. The number of carbonyl (C=O) groups excluding carboxylic acids is 1. The van der Waals surface area contributed by atoms with Crippen LogP contribution in [0.25, 0.3) is 0 Å². The minimum Gasteiger partial charge on any atom is -0.492 e. The molecule has 0 aromatic heterocycles. The summed E-state index contributed by atoms with van der Waals surface area (Å²) in [4.78, 5) is 16.1. The van der Waals surface area contributed by atoms with Crippen molar-refractivity contribution in [2.24, 2.45) is 0 Å². The van der Waals surface area contributed by atoms with Crippen LogP contribution in [-0.2, 0) is 4.79 Å². The summed E-state index contributed by atoms with van der Waals surface area (Å²) in [5.74, 6) is 0.339. The van der Waals surface area contributed by atoms with Crippen molar-refractivity contribution in [3.63, 3.8) is 0 Å². The van der Waals surface area contributed by atoms with E-state index in [1.54, 1.807) is 31.1 Å². The van der Waals surface area contributed by atoms with Crippen molar-refractivity contribution in [2.45, 2.75) is 6.04 Å². The predicted octanol–water partition coefficient (Wildman–Crippen LogP) is 2.97. The zero-order valence-corrected chi connectivity index (χ0v) is 14.3. The lowest BCUT2D eigenvalue weighted by molar-refractivity contribution is -0.134. The van der Waals surface area contributed by atoms with Crippen LogP contribution in [0.15, 0.2) is 54.6 Å². The summed E-state index contributed by atoms with van der Waals surface area (Å²) in [6.07, 6.45) is 0. The Morgan fingerprint density at radius 3 is 2.25 bits per heavy atom. The van der Waals surface area contributed by atoms with Crippen molar-refractivity contribution in [1.82, 2.24) is 9.80 Å². The molecule has 24 heavy (non-hydrogen) atoms. The van der Waals surface area contributed by atoms with Gasteiger partial charge in [-0.1, -0.05) is 30.3 Å². The van der Waals surface area contributed by atoms with Gasteiger partial charge in [-0.15, -0.1) is 0 Å². The van der Waals surface area contributed by atoms with E-state index in [2.05, 4.69) is 0 Å². The Kier molecular flexibility index (Phi) is 6.32. The first kappa shape index (κ1) is 17.9. The predicted molar refractivity (Wildman–Crippen MR) is 92.4 cm³/mol. The molecule has 0 radical (unpaired) electrons. The number of amides is 1. The third kappa shape index (κ3) is 4.80. The summed E-state index contributed by atoms with van der Waals surface area (Å²) in [5, 5.41) is 0. The van der Waals surface area contributed by atoms with Crippen LogP contribution in [0.1, 0.15) is 11.6 Å². The maximum absolute atomic E-state index is 12.9. The second-order valence-corrected chi connectivity index (χ2v) is 5.83. The molecule has 4 nitrogen and oxygen atoms in total. The zero-order chi connectivity index (χ0) is 17.5. The Morgan fingerprint density at radius 2 is 1.67 bits per heavy atom. The van der Waals surface area contributed by atoms with Gasteiger partial charge in [0.25, 0.3) is 0 Å². The van der Waals surface area contributed by atoms with E-state index in [9.17, 15) is 9.18 Å². The summed E-state index contributed by atoms with van der Waals surface area (Å²) in [5.41, 5.74) is 0.945. The minimum absolute atomic E-state index is 0.0190. The van der Waals surface area contributed by atoms with E-state index in [1.165, 1.54) is 12.1 Å². The third-order valence-corrected chi connectivity index (χ3v) is 3.76. The van der Waals surface area contributed by atoms with Gasteiger partial charge in [0.2, 0.25) is 5.91 Å². The van der Waals surface area contributed by atoms with Crippen LogP contribution >= 0.6 is 0 Å². The smallest absolute Gasteiger partial charge is 0.244 e. The largest absolute Gasteiger partial charge is 0.492 e. The molecule has 128 valence electrons. The quantitative estimate of drug-likeness (QED) is 0.782. The fourth-order valence-electron chi connectivity index (χ4n) is 2.43. The van der Waals surface area contributed by atoms with Gasteiger partial charge in [0.05, 0.1) is 0 Å². The number of hydrogen-bond acceptors (Lipinski definition) is 3. The van der Waals surface area contributed by atoms with Gasteiger partial charge in [0, 0.05) is 20.6 Å². The molecule has 0 aliphatic rings. The van der Waals surface area contributed by atoms with Gasteiger partial charge in [-0.25, -0.2) is 4.39 Å². The molecule has 2 aromatic carbocycles. The van der Waals surface area contributed by atoms with Gasteiger partial charge in [-0.2, -0.15) is 0 Å². The molecule has 2 rings (SSSR count). The van der Waals surface area contributed by atoms with Crippen molar-refractivity contribution in [3.8, 4) is 5.75 Å². The fourth-order valence-corrected chi connectivity index (χ4v) is 2.43. The average Bonchev–Trinajstić information content (AvgIpc) is 2.57. The normalized spacial score (nSPS) is 12.0. The monoisotopic (exact) mass is 330 g/mol. The van der Waals surface area contributed by atoms with E-state index in [0.717, 1.165) is 5.56 Å². The first-order valence-electron chi connectivity index (χ1n) is 7.83. The molecular weight excluding hydrogens is 307 g/mol. The SMILES string of the molecule is CN(C)C(=O)[C@H](c1ccccc1)N(C)CCOc1ccc(F)cc1.